The Bertz CT molecular complexity index is 5370. The summed E-state index contributed by atoms with van der Waals surface area (Å²) in [5, 5.41) is 6.13. The Balaban J connectivity index is 0.000000159. The van der Waals surface area contributed by atoms with Crippen LogP contribution in [-0.4, -0.2) is 94.3 Å². The molecule has 14 rings (SSSR count). The van der Waals surface area contributed by atoms with E-state index in [1.807, 2.05) is 18.2 Å². The van der Waals surface area contributed by atoms with E-state index in [1.165, 1.54) is 105 Å². The van der Waals surface area contributed by atoms with Crippen molar-refractivity contribution in [3.8, 4) is 130 Å². The van der Waals surface area contributed by atoms with Crippen molar-refractivity contribution >= 4 is 52.9 Å². The minimum absolute atomic E-state index is 0.0573. The maximum atomic E-state index is 6.53. The van der Waals surface area contributed by atoms with Gasteiger partial charge >= 0.3 is 0 Å². The zero-order valence-electron chi connectivity index (χ0n) is 77.0. The Labute approximate surface area is 712 Å². The van der Waals surface area contributed by atoms with E-state index in [2.05, 4.69) is 302 Å². The minimum Gasteiger partial charge on any atom is -0.497 e. The lowest BCUT2D eigenvalue weighted by atomic mass is 9.86. The minimum atomic E-state index is -0.632. The van der Waals surface area contributed by atoms with Crippen LogP contribution >= 0.6 is 31.7 Å². The molecule has 0 saturated carbocycles. The predicted molar refractivity (Wildman–Crippen MR) is 507 cm³/mol. The molecule has 118 heavy (non-hydrogen) atoms. The smallest absolute Gasteiger partial charge is 0.134 e. The fourth-order valence-electron chi connectivity index (χ4n) is 17.9. The van der Waals surface area contributed by atoms with Gasteiger partial charge in [0.2, 0.25) is 0 Å². The quantitative estimate of drug-likeness (QED) is 0.0973. The van der Waals surface area contributed by atoms with Crippen LogP contribution in [0, 0.1) is 82.1 Å². The Morgan fingerprint density at radius 3 is 1.02 bits per heavy atom. The number of ether oxygens (including phenoxy) is 11. The third-order valence-electron chi connectivity index (χ3n) is 23.4. The number of rotatable bonds is 14. The highest BCUT2D eigenvalue weighted by Gasteiger charge is 2.47. The van der Waals surface area contributed by atoms with E-state index in [4.69, 9.17) is 52.1 Å². The van der Waals surface area contributed by atoms with Crippen molar-refractivity contribution in [3.63, 3.8) is 0 Å². The Morgan fingerprint density at radius 1 is 0.322 bits per heavy atom. The maximum Gasteiger partial charge on any atom is 0.134 e. The van der Waals surface area contributed by atoms with Gasteiger partial charge in [0.25, 0.3) is 0 Å². The van der Waals surface area contributed by atoms with Crippen molar-refractivity contribution < 1.29 is 52.1 Å². The van der Waals surface area contributed by atoms with Gasteiger partial charge < -0.3 is 52.1 Å². The normalized spacial score (nSPS) is 17.6. The molecular weight excluding hydrogens is 1540 g/mol. The topological polar surface area (TPSA) is 102 Å². The molecule has 0 fully saturated rings. The molecule has 0 saturated heterocycles. The Kier molecular flexibility index (Phi) is 27.5. The van der Waals surface area contributed by atoms with E-state index < -0.39 is 23.8 Å². The van der Waals surface area contributed by atoms with Crippen molar-refractivity contribution in [2.75, 3.05) is 56.1 Å². The van der Waals surface area contributed by atoms with Crippen molar-refractivity contribution in [3.05, 3.63) is 195 Å². The first-order valence-electron chi connectivity index (χ1n) is 41.4. The van der Waals surface area contributed by atoms with Crippen LogP contribution < -0.4 is 73.3 Å². The molecule has 0 N–H and O–H groups in total. The van der Waals surface area contributed by atoms with E-state index in [1.54, 1.807) is 49.8 Å². The fourth-order valence-corrected chi connectivity index (χ4v) is 29.8. The molecule has 0 bridgehead atoms. The van der Waals surface area contributed by atoms with E-state index in [0.717, 1.165) is 103 Å². The van der Waals surface area contributed by atoms with Gasteiger partial charge in [0.1, 0.15) is 87.1 Å². The zero-order chi connectivity index (χ0) is 86.6. The van der Waals surface area contributed by atoms with Gasteiger partial charge in [-0.3, -0.25) is 0 Å². The van der Waals surface area contributed by atoms with Gasteiger partial charge in [-0.15, -0.1) is 0 Å². The summed E-state index contributed by atoms with van der Waals surface area (Å²) < 4.78 is 66.3. The van der Waals surface area contributed by atoms with Crippen molar-refractivity contribution in [1.29, 1.82) is 0 Å². The second kappa shape index (κ2) is 35.8. The number of benzene rings is 10. The van der Waals surface area contributed by atoms with Crippen LogP contribution in [0.4, 0.5) is 0 Å². The van der Waals surface area contributed by atoms with Crippen molar-refractivity contribution in [1.82, 2.24) is 0 Å². The van der Waals surface area contributed by atoms with Gasteiger partial charge in [-0.05, 0) is 303 Å². The van der Waals surface area contributed by atoms with Crippen LogP contribution in [0.2, 0.25) is 0 Å². The van der Waals surface area contributed by atoms with Crippen LogP contribution in [0.25, 0.3) is 66.8 Å². The third kappa shape index (κ3) is 17.8. The summed E-state index contributed by atoms with van der Waals surface area (Å²) in [5.41, 5.74) is 27.5. The summed E-state index contributed by atoms with van der Waals surface area (Å²) in [6.07, 6.45) is 0.817. The van der Waals surface area contributed by atoms with Gasteiger partial charge in [0.05, 0.1) is 49.8 Å². The molecule has 4 heterocycles. The standard InChI is InChI=1S/C36H41O5P.C24H33O2P.C22H29O2P.C21H27O2P/c1-21-14-24(16-26(15-21)37-7)30-20-31(25-17-27(38-8)19-28(18-25)39-9)34(40-10)33(22(30)2)29-12-11-13-32-35(29)42(23(3)41-32)36(4,5)6;1-14(2)23-26-19-12-10-11-18(22(19)27(23)24(6,7)8)20-17(5)15(3)13-16(4)21(20)25-9;1-13-12-14(2)20(23-8)19(15(13)3)17-10-9-11-18-21(17)25(16(4)24-18)22(5,6)7;1-13-11-14(2)19(22-7)18(15(13)3)16-9-8-10-17-20(16)24(12-23-17)21(4,5)6/h11-20,23H,1-10H3;10-14,23H,1-9H3;9-12,16H,1-8H3;8-11H,12H2,1-7H3/t23-,42+;23-,27-;16-,25+;24-/m0001/s1. The lowest BCUT2D eigenvalue weighted by Gasteiger charge is -2.34. The highest BCUT2D eigenvalue weighted by molar-refractivity contribution is 7.69. The largest absolute Gasteiger partial charge is 0.497 e. The van der Waals surface area contributed by atoms with Gasteiger partial charge in [-0.25, -0.2) is 0 Å². The molecule has 4 aliphatic heterocycles. The number of methoxy groups -OCH3 is 7. The van der Waals surface area contributed by atoms with Crippen LogP contribution in [-0.2, 0) is 0 Å². The van der Waals surface area contributed by atoms with E-state index >= 15 is 0 Å². The number of fused-ring (bicyclic) bond motifs is 4. The first kappa shape index (κ1) is 90.5. The average Bonchev–Trinajstić information content (AvgIpc) is 1.42. The molecule has 4 aliphatic rings. The van der Waals surface area contributed by atoms with E-state index in [-0.39, 0.29) is 46.1 Å². The Morgan fingerprint density at radius 2 is 0.661 bits per heavy atom. The van der Waals surface area contributed by atoms with Gasteiger partial charge in [0, 0.05) is 55.1 Å². The number of aryl methyl sites for hydroxylation is 7. The van der Waals surface area contributed by atoms with Crippen LogP contribution in [0.15, 0.2) is 133 Å². The number of hydrogen-bond acceptors (Lipinski definition) is 11. The SMILES string of the molecule is COc1c(C)cc(C)c(C)c1-c1cccc2c1[P@](C(C)(C)C)CO2.COc1c(C)cc(C)c(C)c1-c1cccc2c1[P@](C(C)(C)C)[C@@H](C(C)C)O2.COc1c(C)cc(C)c(C)c1-c1cccc2c1[P@](C(C)(C)C)[C@@H](C)O2.COc1cc(C)cc(-c2cc(-c3cc(OC)cc(OC)c3)c(OC)c(-c3cccc4c3[P@](C(C)(C)C)[C@@H](C)O4)c2C)c1. The average molecular weight is 1670 g/mol. The molecule has 10 aromatic carbocycles. The van der Waals surface area contributed by atoms with Gasteiger partial charge in [-0.1, -0.05) is 170 Å². The zero-order valence-corrected chi connectivity index (χ0v) is 80.6. The molecule has 7 atom stereocenters. The van der Waals surface area contributed by atoms with Crippen LogP contribution in [0.3, 0.4) is 0 Å². The Hall–Kier alpha value is -8.28. The first-order chi connectivity index (χ1) is 55.5. The molecule has 0 aromatic heterocycles. The molecular formula is C103H130O11P4. The summed E-state index contributed by atoms with van der Waals surface area (Å²) in [6, 6.07) is 47.1. The summed E-state index contributed by atoms with van der Waals surface area (Å²) in [7, 11) is 10.2. The lowest BCUT2D eigenvalue weighted by Crippen LogP contribution is -2.28. The molecule has 0 aliphatic carbocycles. The fraction of sp³-hybridized carbons (Fsp3) is 0.417. The summed E-state index contributed by atoms with van der Waals surface area (Å²) in [4.78, 5) is 0. The van der Waals surface area contributed by atoms with Gasteiger partial charge in [-0.2, -0.15) is 0 Å². The number of hydrogen-bond donors (Lipinski definition) is 0. The third-order valence-corrected chi connectivity index (χ3v) is 36.4. The molecule has 0 unspecified atom stereocenters. The summed E-state index contributed by atoms with van der Waals surface area (Å²) in [5.74, 6) is 11.3. The molecule has 0 amide bonds. The second-order valence-electron chi connectivity index (χ2n) is 36.3. The summed E-state index contributed by atoms with van der Waals surface area (Å²) >= 11 is 0. The van der Waals surface area contributed by atoms with Crippen LogP contribution in [0.1, 0.15) is 172 Å². The monoisotopic (exact) mass is 1670 g/mol. The van der Waals surface area contributed by atoms with Crippen molar-refractivity contribution in [2.45, 2.75) is 225 Å². The predicted octanol–water partition coefficient (Wildman–Crippen LogP) is 27.0. The van der Waals surface area contributed by atoms with Crippen molar-refractivity contribution in [2.24, 2.45) is 5.92 Å². The highest BCUT2D eigenvalue weighted by atomic mass is 31.1. The lowest BCUT2D eigenvalue weighted by molar-refractivity contribution is 0.240. The second-order valence-corrected chi connectivity index (χ2v) is 48.7. The molecule has 0 spiro atoms. The maximum absolute atomic E-state index is 6.53. The highest BCUT2D eigenvalue weighted by Crippen LogP contribution is 2.65. The molecule has 628 valence electrons. The molecule has 11 nitrogen and oxygen atoms in total. The molecule has 0 radical (unpaired) electrons. The van der Waals surface area contributed by atoms with Crippen LogP contribution in [0.5, 0.6) is 63.2 Å². The summed E-state index contributed by atoms with van der Waals surface area (Å²) in [6.45, 7) is 60.8. The van der Waals surface area contributed by atoms with E-state index in [0.29, 0.717) is 17.4 Å². The van der Waals surface area contributed by atoms with E-state index in [9.17, 15) is 0 Å². The molecule has 10 aromatic rings. The first-order valence-corrected chi connectivity index (χ1v) is 47.1. The molecule has 15 heteroatoms. The van der Waals surface area contributed by atoms with Gasteiger partial charge in [0.15, 0.2) is 0 Å².